The number of ketones is 1. The Labute approximate surface area is 144 Å². The van der Waals surface area contributed by atoms with E-state index in [0.717, 1.165) is 25.0 Å². The molecule has 2 bridgehead atoms. The van der Waals surface area contributed by atoms with Crippen molar-refractivity contribution in [3.63, 3.8) is 0 Å². The van der Waals surface area contributed by atoms with Gasteiger partial charge in [-0.15, -0.1) is 0 Å². The van der Waals surface area contributed by atoms with E-state index in [1.54, 1.807) is 0 Å². The molecule has 126 valence electrons. The largest absolute Gasteiger partial charge is 0.393 e. The second-order valence-electron chi connectivity index (χ2n) is 7.96. The lowest BCUT2D eigenvalue weighted by atomic mass is 9.70. The minimum atomic E-state index is -0.325. The lowest BCUT2D eigenvalue weighted by Crippen LogP contribution is -2.38. The van der Waals surface area contributed by atoms with E-state index in [1.165, 1.54) is 12.0 Å². The Morgan fingerprint density at radius 1 is 1.30 bits per heavy atom. The van der Waals surface area contributed by atoms with E-state index < -0.39 is 0 Å². The molecule has 0 unspecified atom stereocenters. The van der Waals surface area contributed by atoms with Gasteiger partial charge in [0.15, 0.2) is 0 Å². The van der Waals surface area contributed by atoms with Crippen LogP contribution in [0.15, 0.2) is 30.3 Å². The SMILES string of the molecule is C[C@H](O)C[C@@H](SC[C@]12CC[C@H](CC1=O)C2(C)C)c1ccccc1. The van der Waals surface area contributed by atoms with E-state index in [4.69, 9.17) is 0 Å². The Morgan fingerprint density at radius 3 is 2.52 bits per heavy atom. The summed E-state index contributed by atoms with van der Waals surface area (Å²) < 4.78 is 0. The fourth-order valence-corrected chi connectivity index (χ4v) is 6.56. The number of aliphatic hydroxyl groups excluding tert-OH is 1. The van der Waals surface area contributed by atoms with Crippen LogP contribution in [-0.2, 0) is 4.79 Å². The molecule has 2 aliphatic rings. The Kier molecular flexibility index (Phi) is 4.63. The number of benzene rings is 1. The summed E-state index contributed by atoms with van der Waals surface area (Å²) in [6.07, 6.45) is 3.44. The molecule has 0 aromatic heterocycles. The first kappa shape index (κ1) is 17.0. The third kappa shape index (κ3) is 2.87. The second-order valence-corrected chi connectivity index (χ2v) is 9.15. The lowest BCUT2D eigenvalue weighted by molar-refractivity contribution is -0.127. The van der Waals surface area contributed by atoms with Gasteiger partial charge in [0, 0.05) is 22.8 Å². The predicted molar refractivity (Wildman–Crippen MR) is 96.5 cm³/mol. The van der Waals surface area contributed by atoms with E-state index >= 15 is 0 Å². The van der Waals surface area contributed by atoms with Crippen LogP contribution < -0.4 is 0 Å². The molecule has 2 saturated carbocycles. The number of hydrogen-bond acceptors (Lipinski definition) is 3. The third-order valence-electron chi connectivity index (χ3n) is 6.40. The fourth-order valence-electron chi connectivity index (χ4n) is 4.63. The summed E-state index contributed by atoms with van der Waals surface area (Å²) in [7, 11) is 0. The normalized spacial score (nSPS) is 31.3. The van der Waals surface area contributed by atoms with E-state index in [1.807, 2.05) is 24.8 Å². The van der Waals surface area contributed by atoms with Crippen LogP contribution in [0.25, 0.3) is 0 Å². The van der Waals surface area contributed by atoms with Crippen molar-refractivity contribution in [2.45, 2.75) is 57.8 Å². The molecule has 2 nitrogen and oxygen atoms in total. The van der Waals surface area contributed by atoms with Gasteiger partial charge < -0.3 is 5.11 Å². The predicted octanol–water partition coefficient (Wildman–Crippen LogP) is 4.63. The number of rotatable bonds is 6. The molecule has 0 aliphatic heterocycles. The highest BCUT2D eigenvalue weighted by atomic mass is 32.2. The first-order chi connectivity index (χ1) is 10.9. The number of carbonyl (C=O) groups is 1. The third-order valence-corrected chi connectivity index (χ3v) is 7.92. The zero-order valence-corrected chi connectivity index (χ0v) is 15.2. The van der Waals surface area contributed by atoms with Gasteiger partial charge in [0.05, 0.1) is 6.10 Å². The van der Waals surface area contributed by atoms with Gasteiger partial charge in [-0.3, -0.25) is 4.79 Å². The molecule has 0 radical (unpaired) electrons. The van der Waals surface area contributed by atoms with E-state index in [0.29, 0.717) is 11.7 Å². The van der Waals surface area contributed by atoms with Crippen LogP contribution in [0.3, 0.4) is 0 Å². The van der Waals surface area contributed by atoms with Gasteiger partial charge in [-0.05, 0) is 43.1 Å². The van der Waals surface area contributed by atoms with Gasteiger partial charge in [-0.1, -0.05) is 44.2 Å². The summed E-state index contributed by atoms with van der Waals surface area (Å²) in [4.78, 5) is 12.7. The number of hydrogen-bond donors (Lipinski definition) is 1. The van der Waals surface area contributed by atoms with E-state index in [9.17, 15) is 9.90 Å². The van der Waals surface area contributed by atoms with E-state index in [2.05, 4.69) is 38.1 Å². The summed E-state index contributed by atoms with van der Waals surface area (Å²) >= 11 is 1.88. The van der Waals surface area contributed by atoms with Gasteiger partial charge >= 0.3 is 0 Å². The monoisotopic (exact) mass is 332 g/mol. The van der Waals surface area contributed by atoms with Crippen molar-refractivity contribution in [2.75, 3.05) is 5.75 Å². The maximum absolute atomic E-state index is 12.7. The lowest BCUT2D eigenvalue weighted by Gasteiger charge is -2.37. The number of aliphatic hydroxyl groups is 1. The second kappa shape index (κ2) is 6.25. The molecule has 1 aromatic rings. The maximum Gasteiger partial charge on any atom is 0.140 e. The first-order valence-corrected chi connectivity index (χ1v) is 9.79. The highest BCUT2D eigenvalue weighted by Crippen LogP contribution is 2.65. The van der Waals surface area contributed by atoms with Crippen molar-refractivity contribution >= 4 is 17.5 Å². The minimum absolute atomic E-state index is 0.128. The molecular formula is C20H28O2S. The fraction of sp³-hybridized carbons (Fsp3) is 0.650. The summed E-state index contributed by atoms with van der Waals surface area (Å²) in [5, 5.41) is 10.1. The number of Topliss-reactive ketones (excluding diaryl/α,β-unsaturated/α-hetero) is 1. The molecular weight excluding hydrogens is 304 g/mol. The van der Waals surface area contributed by atoms with Gasteiger partial charge in [-0.2, -0.15) is 11.8 Å². The van der Waals surface area contributed by atoms with Crippen LogP contribution >= 0.6 is 11.8 Å². The van der Waals surface area contributed by atoms with Crippen molar-refractivity contribution in [3.8, 4) is 0 Å². The Bertz CT molecular complexity index is 566. The standard InChI is InChI=1S/C20H28O2S/c1-14(21)11-17(15-7-5-4-6-8-15)23-13-20-10-9-16(12-18(20)22)19(20,2)3/h4-8,14,16-17,21H,9-13H2,1-3H3/t14-,16+,17+,20+/m0/s1. The summed E-state index contributed by atoms with van der Waals surface area (Å²) in [5.74, 6) is 1.94. The number of fused-ring (bicyclic) bond motifs is 2. The molecule has 3 heteroatoms. The van der Waals surface area contributed by atoms with Gasteiger partial charge in [-0.25, -0.2) is 0 Å². The smallest absolute Gasteiger partial charge is 0.140 e. The molecule has 4 atom stereocenters. The van der Waals surface area contributed by atoms with Crippen molar-refractivity contribution in [2.24, 2.45) is 16.7 Å². The average molecular weight is 333 g/mol. The molecule has 1 aromatic carbocycles. The van der Waals surface area contributed by atoms with Gasteiger partial charge in [0.25, 0.3) is 0 Å². The summed E-state index contributed by atoms with van der Waals surface area (Å²) in [6, 6.07) is 10.4. The Hall–Kier alpha value is -0.800. The topological polar surface area (TPSA) is 37.3 Å². The molecule has 0 saturated heterocycles. The number of thioether (sulfide) groups is 1. The van der Waals surface area contributed by atoms with Crippen LogP contribution in [0, 0.1) is 16.7 Å². The molecule has 0 amide bonds. The minimum Gasteiger partial charge on any atom is -0.393 e. The van der Waals surface area contributed by atoms with E-state index in [-0.39, 0.29) is 22.2 Å². The van der Waals surface area contributed by atoms with Gasteiger partial charge in [0.1, 0.15) is 5.78 Å². The zero-order valence-electron chi connectivity index (χ0n) is 14.4. The van der Waals surface area contributed by atoms with Crippen LogP contribution in [0.2, 0.25) is 0 Å². The Balaban J connectivity index is 1.78. The maximum atomic E-state index is 12.7. The number of carbonyl (C=O) groups excluding carboxylic acids is 1. The van der Waals surface area contributed by atoms with Crippen molar-refractivity contribution < 1.29 is 9.90 Å². The molecule has 0 heterocycles. The van der Waals surface area contributed by atoms with Crippen molar-refractivity contribution in [3.05, 3.63) is 35.9 Å². The Morgan fingerprint density at radius 2 is 2.00 bits per heavy atom. The van der Waals surface area contributed by atoms with Crippen LogP contribution in [-0.4, -0.2) is 22.7 Å². The van der Waals surface area contributed by atoms with Crippen LogP contribution in [0.1, 0.15) is 57.3 Å². The molecule has 2 aliphatic carbocycles. The van der Waals surface area contributed by atoms with Crippen LogP contribution in [0.5, 0.6) is 0 Å². The highest BCUT2D eigenvalue weighted by Gasteiger charge is 2.63. The highest BCUT2D eigenvalue weighted by molar-refractivity contribution is 7.99. The summed E-state index contributed by atoms with van der Waals surface area (Å²) in [5.41, 5.74) is 1.24. The van der Waals surface area contributed by atoms with Crippen LogP contribution in [0.4, 0.5) is 0 Å². The molecule has 2 fully saturated rings. The zero-order chi connectivity index (χ0) is 16.7. The quantitative estimate of drug-likeness (QED) is 0.825. The first-order valence-electron chi connectivity index (χ1n) is 8.75. The molecule has 23 heavy (non-hydrogen) atoms. The molecule has 3 rings (SSSR count). The molecule has 0 spiro atoms. The summed E-state index contributed by atoms with van der Waals surface area (Å²) in [6.45, 7) is 6.44. The van der Waals surface area contributed by atoms with Crippen molar-refractivity contribution in [1.29, 1.82) is 0 Å². The molecule has 1 N–H and O–H groups in total. The average Bonchev–Trinajstić information content (AvgIpc) is 2.86. The van der Waals surface area contributed by atoms with Gasteiger partial charge in [0.2, 0.25) is 0 Å². The van der Waals surface area contributed by atoms with Crippen molar-refractivity contribution in [1.82, 2.24) is 0 Å².